The van der Waals surface area contributed by atoms with E-state index >= 15 is 0 Å². The summed E-state index contributed by atoms with van der Waals surface area (Å²) < 4.78 is 30.5. The highest BCUT2D eigenvalue weighted by atomic mass is 32.2. The minimum Gasteiger partial charge on any atom is -0.327 e. The summed E-state index contributed by atoms with van der Waals surface area (Å²) >= 11 is 0. The fraction of sp³-hybridized carbons (Fsp3) is 1.00. The number of nitrogens with two attached hydrogens (primary N) is 1. The van der Waals surface area contributed by atoms with E-state index in [1.165, 1.54) is 19.3 Å². The van der Waals surface area contributed by atoms with E-state index in [0.717, 1.165) is 12.8 Å². The second-order valence-electron chi connectivity index (χ2n) is 5.47. The van der Waals surface area contributed by atoms with Crippen LogP contribution in [-0.2, 0) is 10.1 Å². The van der Waals surface area contributed by atoms with Gasteiger partial charge in [0, 0.05) is 6.04 Å². The highest BCUT2D eigenvalue weighted by Gasteiger charge is 2.37. The van der Waals surface area contributed by atoms with E-state index in [-0.39, 0.29) is 23.1 Å². The monoisotopic (exact) mass is 249 g/mol. The quantitative estimate of drug-likeness (QED) is 0.745. The summed E-state index contributed by atoms with van der Waals surface area (Å²) in [7, 11) is -3.91. The van der Waals surface area contributed by atoms with Gasteiger partial charge in [0.2, 0.25) is 0 Å². The van der Waals surface area contributed by atoms with Crippen molar-refractivity contribution in [3.8, 4) is 0 Å². The third kappa shape index (κ3) is 3.71. The second kappa shape index (κ2) is 5.02. The molecule has 1 fully saturated rings. The van der Waals surface area contributed by atoms with Crippen LogP contribution >= 0.6 is 0 Å². The molecule has 0 aliphatic heterocycles. The van der Waals surface area contributed by atoms with Crippen LogP contribution in [0.15, 0.2) is 0 Å². The Morgan fingerprint density at radius 3 is 2.25 bits per heavy atom. The Balaban J connectivity index is 2.64. The molecule has 0 radical (unpaired) electrons. The van der Waals surface area contributed by atoms with Gasteiger partial charge in [-0.3, -0.25) is 4.55 Å². The molecule has 4 nitrogen and oxygen atoms in total. The van der Waals surface area contributed by atoms with Gasteiger partial charge in [0.15, 0.2) is 0 Å². The fourth-order valence-electron chi connectivity index (χ4n) is 2.82. The van der Waals surface area contributed by atoms with Crippen molar-refractivity contribution in [3.05, 3.63) is 0 Å². The molecule has 96 valence electrons. The second-order valence-corrected chi connectivity index (χ2v) is 6.96. The molecule has 2 unspecified atom stereocenters. The molecule has 5 heteroatoms. The van der Waals surface area contributed by atoms with Gasteiger partial charge in [-0.15, -0.1) is 0 Å². The maximum atomic E-state index is 10.8. The molecule has 0 heterocycles. The van der Waals surface area contributed by atoms with E-state index < -0.39 is 10.1 Å². The van der Waals surface area contributed by atoms with Gasteiger partial charge in [0.1, 0.15) is 0 Å². The summed E-state index contributed by atoms with van der Waals surface area (Å²) in [6, 6.07) is -0.158. The molecule has 1 aliphatic carbocycles. The van der Waals surface area contributed by atoms with Crippen LogP contribution in [0.2, 0.25) is 0 Å². The summed E-state index contributed by atoms with van der Waals surface area (Å²) in [5.41, 5.74) is 6.19. The summed E-state index contributed by atoms with van der Waals surface area (Å²) in [6.45, 7) is 3.94. The third-order valence-corrected chi connectivity index (χ3v) is 4.83. The highest BCUT2D eigenvalue weighted by molar-refractivity contribution is 7.85. The number of rotatable bonds is 4. The van der Waals surface area contributed by atoms with Crippen LogP contribution in [0.25, 0.3) is 0 Å². The molecule has 3 N–H and O–H groups in total. The Bertz CT molecular complexity index is 320. The largest absolute Gasteiger partial charge is 0.327 e. The molecule has 0 aromatic carbocycles. The van der Waals surface area contributed by atoms with Crippen LogP contribution < -0.4 is 5.73 Å². The van der Waals surface area contributed by atoms with Crippen LogP contribution in [0.1, 0.15) is 46.0 Å². The molecule has 0 aromatic rings. The average Bonchev–Trinajstić information content (AvgIpc) is 2.15. The van der Waals surface area contributed by atoms with Crippen molar-refractivity contribution in [3.63, 3.8) is 0 Å². The lowest BCUT2D eigenvalue weighted by Gasteiger charge is -2.41. The minimum absolute atomic E-state index is 0.0301. The first kappa shape index (κ1) is 13.9. The predicted octanol–water partition coefficient (Wildman–Crippen LogP) is 1.81. The lowest BCUT2D eigenvalue weighted by molar-refractivity contribution is 0.140. The lowest BCUT2D eigenvalue weighted by Crippen LogP contribution is -2.47. The lowest BCUT2D eigenvalue weighted by atomic mass is 9.68. The van der Waals surface area contributed by atoms with Crippen LogP contribution in [0.3, 0.4) is 0 Å². The number of hydrogen-bond donors (Lipinski definition) is 2. The van der Waals surface area contributed by atoms with Crippen molar-refractivity contribution >= 4 is 10.1 Å². The zero-order valence-electron chi connectivity index (χ0n) is 10.1. The Labute approximate surface area is 98.4 Å². The molecule has 1 saturated carbocycles. The van der Waals surface area contributed by atoms with Crippen molar-refractivity contribution in [2.75, 3.05) is 5.75 Å². The summed E-state index contributed by atoms with van der Waals surface area (Å²) in [6.07, 6.45) is 5.70. The van der Waals surface area contributed by atoms with E-state index in [1.54, 1.807) is 6.92 Å². The normalized spacial score (nSPS) is 25.0. The molecule has 0 amide bonds. The summed E-state index contributed by atoms with van der Waals surface area (Å²) in [5.74, 6) is -0.429. The van der Waals surface area contributed by atoms with E-state index in [0.29, 0.717) is 0 Å². The van der Waals surface area contributed by atoms with Crippen molar-refractivity contribution in [1.29, 1.82) is 0 Å². The third-order valence-electron chi connectivity index (χ3n) is 3.89. The average molecular weight is 249 g/mol. The van der Waals surface area contributed by atoms with Crippen LogP contribution in [0, 0.1) is 11.3 Å². The van der Waals surface area contributed by atoms with E-state index in [9.17, 15) is 8.42 Å². The van der Waals surface area contributed by atoms with E-state index in [2.05, 4.69) is 6.92 Å². The standard InChI is InChI=1S/C11H23NO3S/c1-9(8-16(13,14)15)10(12)11(2)6-4-3-5-7-11/h9-10H,3-8,12H2,1-2H3,(H,13,14,15). The Morgan fingerprint density at radius 1 is 1.31 bits per heavy atom. The van der Waals surface area contributed by atoms with E-state index in [1.807, 2.05) is 0 Å². The zero-order chi connectivity index (χ0) is 12.4. The zero-order valence-corrected chi connectivity index (χ0v) is 11.0. The highest BCUT2D eigenvalue weighted by Crippen LogP contribution is 2.40. The topological polar surface area (TPSA) is 80.4 Å². The van der Waals surface area contributed by atoms with Crippen molar-refractivity contribution in [2.24, 2.45) is 17.1 Å². The molecule has 2 atom stereocenters. The summed E-state index contributed by atoms with van der Waals surface area (Å²) in [5, 5.41) is 0. The minimum atomic E-state index is -3.91. The van der Waals surface area contributed by atoms with Crippen LogP contribution in [0.5, 0.6) is 0 Å². The van der Waals surface area contributed by atoms with Gasteiger partial charge in [-0.1, -0.05) is 33.1 Å². The van der Waals surface area contributed by atoms with Gasteiger partial charge in [0.25, 0.3) is 10.1 Å². The van der Waals surface area contributed by atoms with Crippen molar-refractivity contribution in [1.82, 2.24) is 0 Å². The maximum Gasteiger partial charge on any atom is 0.265 e. The molecule has 1 rings (SSSR count). The molecular weight excluding hydrogens is 226 g/mol. The fourth-order valence-corrected chi connectivity index (χ4v) is 3.69. The van der Waals surface area contributed by atoms with Gasteiger partial charge >= 0.3 is 0 Å². The first-order chi connectivity index (χ1) is 7.25. The molecule has 0 saturated heterocycles. The molecule has 0 bridgehead atoms. The Morgan fingerprint density at radius 2 is 1.81 bits per heavy atom. The Kier molecular flexibility index (Phi) is 4.37. The smallest absolute Gasteiger partial charge is 0.265 e. The van der Waals surface area contributed by atoms with Gasteiger partial charge in [-0.2, -0.15) is 8.42 Å². The first-order valence-corrected chi connectivity index (χ1v) is 7.56. The Hall–Kier alpha value is -0.130. The number of hydrogen-bond acceptors (Lipinski definition) is 3. The van der Waals surface area contributed by atoms with E-state index in [4.69, 9.17) is 10.3 Å². The summed E-state index contributed by atoms with van der Waals surface area (Å²) in [4.78, 5) is 0. The maximum absolute atomic E-state index is 10.8. The SMILES string of the molecule is CC(CS(=O)(=O)O)C(N)C1(C)CCCCC1. The van der Waals surface area contributed by atoms with Crippen molar-refractivity contribution in [2.45, 2.75) is 52.0 Å². The van der Waals surface area contributed by atoms with Crippen LogP contribution in [-0.4, -0.2) is 24.8 Å². The molecule has 16 heavy (non-hydrogen) atoms. The molecular formula is C11H23NO3S. The molecule has 0 aromatic heterocycles. The van der Waals surface area contributed by atoms with Gasteiger partial charge in [-0.05, 0) is 24.2 Å². The van der Waals surface area contributed by atoms with Gasteiger partial charge < -0.3 is 5.73 Å². The van der Waals surface area contributed by atoms with Crippen molar-refractivity contribution < 1.29 is 13.0 Å². The predicted molar refractivity (Wildman–Crippen MR) is 64.7 cm³/mol. The molecule has 1 aliphatic rings. The van der Waals surface area contributed by atoms with Gasteiger partial charge in [0.05, 0.1) is 5.75 Å². The first-order valence-electron chi connectivity index (χ1n) is 5.95. The molecule has 0 spiro atoms. The van der Waals surface area contributed by atoms with Crippen LogP contribution in [0.4, 0.5) is 0 Å². The van der Waals surface area contributed by atoms with Gasteiger partial charge in [-0.25, -0.2) is 0 Å².